The summed E-state index contributed by atoms with van der Waals surface area (Å²) in [6, 6.07) is 8.47. The number of nitrogens with one attached hydrogen (secondary N) is 2. The number of ether oxygens (including phenoxy) is 2. The molecule has 0 bridgehead atoms. The number of hydrogen-bond donors (Lipinski definition) is 2. The third kappa shape index (κ3) is 6.03. The molecule has 1 aromatic carbocycles. The summed E-state index contributed by atoms with van der Waals surface area (Å²) in [4.78, 5) is 7.16. The topological polar surface area (TPSA) is 88.8 Å². The molecule has 0 spiro atoms. The van der Waals surface area contributed by atoms with Crippen LogP contribution in [0.3, 0.4) is 0 Å². The number of guanidine groups is 1. The lowest BCUT2D eigenvalue weighted by Crippen LogP contribution is -2.46. The molecule has 0 saturated carbocycles. The minimum Gasteiger partial charge on any atom is -0.495 e. The predicted molar refractivity (Wildman–Crippen MR) is 136 cm³/mol. The van der Waals surface area contributed by atoms with Gasteiger partial charge in [0.05, 0.1) is 18.9 Å². The second kappa shape index (κ2) is 11.7. The van der Waals surface area contributed by atoms with E-state index in [1.165, 1.54) is 0 Å². The fraction of sp³-hybridized carbons (Fsp3) is 0.591. The maximum absolute atomic E-state index is 5.77. The van der Waals surface area contributed by atoms with Crippen molar-refractivity contribution in [1.82, 2.24) is 25.4 Å². The molecule has 2 aliphatic rings. The summed E-state index contributed by atoms with van der Waals surface area (Å²) in [5.41, 5.74) is 1.13. The lowest BCUT2D eigenvalue weighted by Gasteiger charge is -2.22. The number of rotatable bonds is 7. The van der Waals surface area contributed by atoms with Gasteiger partial charge in [0.25, 0.3) is 0 Å². The molecular weight excluding hydrogens is 521 g/mol. The van der Waals surface area contributed by atoms with E-state index >= 15 is 0 Å². The van der Waals surface area contributed by atoms with Gasteiger partial charge in [-0.25, -0.2) is 4.99 Å². The molecule has 4 rings (SSSR count). The molecule has 1 aromatic heterocycles. The van der Waals surface area contributed by atoms with Crippen LogP contribution in [0.4, 0.5) is 5.69 Å². The first kappa shape index (κ1) is 24.6. The lowest BCUT2D eigenvalue weighted by atomic mass is 10.2. The van der Waals surface area contributed by atoms with Gasteiger partial charge in [-0.05, 0) is 38.3 Å². The Bertz CT molecular complexity index is 898. The van der Waals surface area contributed by atoms with E-state index in [1.807, 2.05) is 30.7 Å². The summed E-state index contributed by atoms with van der Waals surface area (Å²) < 4.78 is 13.3. The van der Waals surface area contributed by atoms with Gasteiger partial charge in [0.2, 0.25) is 0 Å². The molecule has 0 aliphatic carbocycles. The van der Waals surface area contributed by atoms with E-state index in [-0.39, 0.29) is 30.1 Å². The Hall–Kier alpha value is -2.08. The first-order valence-corrected chi connectivity index (χ1v) is 11.0. The van der Waals surface area contributed by atoms with E-state index in [2.05, 4.69) is 37.9 Å². The number of aliphatic imine (C=N–C) groups is 1. The zero-order valence-corrected chi connectivity index (χ0v) is 21.4. The van der Waals surface area contributed by atoms with Crippen LogP contribution < -0.4 is 20.3 Å². The quantitative estimate of drug-likeness (QED) is 0.308. The highest BCUT2D eigenvalue weighted by Gasteiger charge is 2.26. The van der Waals surface area contributed by atoms with Crippen LogP contribution in [0.1, 0.15) is 30.9 Å². The van der Waals surface area contributed by atoms with Gasteiger partial charge in [0.1, 0.15) is 18.1 Å². The van der Waals surface area contributed by atoms with Crippen LogP contribution in [0.2, 0.25) is 0 Å². The molecule has 2 fully saturated rings. The van der Waals surface area contributed by atoms with Crippen molar-refractivity contribution >= 4 is 35.6 Å². The molecule has 2 unspecified atom stereocenters. The van der Waals surface area contributed by atoms with Crippen molar-refractivity contribution in [3.8, 4) is 5.75 Å². The van der Waals surface area contributed by atoms with Crippen LogP contribution >= 0.6 is 24.0 Å². The summed E-state index contributed by atoms with van der Waals surface area (Å²) in [6.45, 7) is 5.89. The molecule has 2 aliphatic heterocycles. The molecule has 0 amide bonds. The Morgan fingerprint density at radius 2 is 2.12 bits per heavy atom. The van der Waals surface area contributed by atoms with Crippen LogP contribution in [0.15, 0.2) is 29.3 Å². The molecule has 2 N–H and O–H groups in total. The minimum absolute atomic E-state index is 0. The van der Waals surface area contributed by atoms with Gasteiger partial charge in [-0.3, -0.25) is 0 Å². The zero-order valence-electron chi connectivity index (χ0n) is 19.1. The second-order valence-corrected chi connectivity index (χ2v) is 8.15. The summed E-state index contributed by atoms with van der Waals surface area (Å²) in [5.74, 6) is 3.43. The third-order valence-electron chi connectivity index (χ3n) is 6.04. The van der Waals surface area contributed by atoms with Crippen molar-refractivity contribution in [2.75, 3.05) is 38.3 Å². The van der Waals surface area contributed by atoms with Crippen LogP contribution in [-0.2, 0) is 18.3 Å². The number of para-hydroxylation sites is 2. The Labute approximate surface area is 207 Å². The number of hydrogen-bond acceptors (Lipinski definition) is 6. The maximum Gasteiger partial charge on any atom is 0.192 e. The van der Waals surface area contributed by atoms with Gasteiger partial charge in [-0.15, -0.1) is 34.2 Å². The summed E-state index contributed by atoms with van der Waals surface area (Å²) in [5, 5.41) is 15.5. The highest BCUT2D eigenvalue weighted by molar-refractivity contribution is 14.0. The summed E-state index contributed by atoms with van der Waals surface area (Å²) in [6.07, 6.45) is 3.49. The van der Waals surface area contributed by atoms with Gasteiger partial charge >= 0.3 is 0 Å². The molecule has 2 aromatic rings. The molecule has 2 atom stereocenters. The van der Waals surface area contributed by atoms with Crippen molar-refractivity contribution in [3.05, 3.63) is 35.9 Å². The standard InChI is InChI=1S/C22H33N7O2.HI/c1-16-26-27-21(28(16)2)14-24-22(23-13-18-7-6-12-31-18)25-17-10-11-29(15-17)19-8-4-5-9-20(19)30-3;/h4-5,8-9,17-18H,6-7,10-15H2,1-3H3,(H2,23,24,25);1H. The fourth-order valence-corrected chi connectivity index (χ4v) is 4.09. The van der Waals surface area contributed by atoms with Crippen molar-refractivity contribution in [2.45, 2.75) is 44.9 Å². The van der Waals surface area contributed by atoms with Gasteiger partial charge in [-0.2, -0.15) is 0 Å². The number of halogens is 1. The van der Waals surface area contributed by atoms with E-state index in [0.29, 0.717) is 12.6 Å². The lowest BCUT2D eigenvalue weighted by molar-refractivity contribution is 0.113. The molecule has 3 heterocycles. The molecule has 32 heavy (non-hydrogen) atoms. The predicted octanol–water partition coefficient (Wildman–Crippen LogP) is 2.24. The number of benzene rings is 1. The van der Waals surface area contributed by atoms with Crippen molar-refractivity contribution in [2.24, 2.45) is 12.0 Å². The van der Waals surface area contributed by atoms with Gasteiger partial charge in [0.15, 0.2) is 11.8 Å². The number of anilines is 1. The smallest absolute Gasteiger partial charge is 0.192 e. The van der Waals surface area contributed by atoms with E-state index in [0.717, 1.165) is 74.5 Å². The minimum atomic E-state index is 0. The Kier molecular flexibility index (Phi) is 8.97. The van der Waals surface area contributed by atoms with Crippen molar-refractivity contribution in [3.63, 3.8) is 0 Å². The molecule has 2 saturated heterocycles. The third-order valence-corrected chi connectivity index (χ3v) is 6.04. The number of aryl methyl sites for hydroxylation is 1. The highest BCUT2D eigenvalue weighted by Crippen LogP contribution is 2.30. The molecule has 9 nitrogen and oxygen atoms in total. The molecule has 10 heteroatoms. The van der Waals surface area contributed by atoms with E-state index < -0.39 is 0 Å². The fourth-order valence-electron chi connectivity index (χ4n) is 4.09. The largest absolute Gasteiger partial charge is 0.495 e. The Morgan fingerprint density at radius 1 is 1.28 bits per heavy atom. The first-order valence-electron chi connectivity index (χ1n) is 11.0. The summed E-state index contributed by atoms with van der Waals surface area (Å²) in [7, 11) is 3.69. The SMILES string of the molecule is COc1ccccc1N1CCC(NC(=NCc2nnc(C)n2C)NCC2CCCO2)C1.I. The number of aromatic nitrogens is 3. The van der Waals surface area contributed by atoms with Crippen molar-refractivity contribution in [1.29, 1.82) is 0 Å². The van der Waals surface area contributed by atoms with E-state index in [1.54, 1.807) is 7.11 Å². The maximum atomic E-state index is 5.77. The van der Waals surface area contributed by atoms with Gasteiger partial charge < -0.3 is 29.6 Å². The molecule has 176 valence electrons. The van der Waals surface area contributed by atoms with Crippen LogP contribution in [0, 0.1) is 6.92 Å². The van der Waals surface area contributed by atoms with Gasteiger partial charge in [-0.1, -0.05) is 12.1 Å². The zero-order chi connectivity index (χ0) is 21.6. The van der Waals surface area contributed by atoms with E-state index in [4.69, 9.17) is 14.5 Å². The van der Waals surface area contributed by atoms with Crippen LogP contribution in [-0.4, -0.2) is 66.2 Å². The van der Waals surface area contributed by atoms with Crippen LogP contribution in [0.25, 0.3) is 0 Å². The molecule has 0 radical (unpaired) electrons. The van der Waals surface area contributed by atoms with Crippen LogP contribution in [0.5, 0.6) is 5.75 Å². The second-order valence-electron chi connectivity index (χ2n) is 8.15. The Balaban J connectivity index is 0.00000289. The first-order chi connectivity index (χ1) is 15.1. The normalized spacial score (nSPS) is 20.8. The highest BCUT2D eigenvalue weighted by atomic mass is 127. The average Bonchev–Trinajstić information content (AvgIpc) is 3.54. The monoisotopic (exact) mass is 555 g/mol. The molecular formula is C22H34IN7O2. The Morgan fingerprint density at radius 3 is 2.84 bits per heavy atom. The number of methoxy groups -OCH3 is 1. The van der Waals surface area contributed by atoms with E-state index in [9.17, 15) is 0 Å². The average molecular weight is 555 g/mol. The number of nitrogens with zero attached hydrogens (tertiary/aromatic N) is 5. The summed E-state index contributed by atoms with van der Waals surface area (Å²) >= 11 is 0. The van der Waals surface area contributed by atoms with Crippen molar-refractivity contribution < 1.29 is 9.47 Å². The van der Waals surface area contributed by atoms with Gasteiger partial charge in [0, 0.05) is 39.3 Å².